The first-order valence-corrected chi connectivity index (χ1v) is 9.33. The molecule has 1 aliphatic rings. The van der Waals surface area contributed by atoms with Crippen molar-refractivity contribution in [2.45, 2.75) is 23.1 Å². The zero-order valence-corrected chi connectivity index (χ0v) is 15.9. The van der Waals surface area contributed by atoms with Crippen LogP contribution in [0.2, 0.25) is 10.0 Å². The number of carboxylic acids is 1. The average Bonchev–Trinajstić information content (AvgIpc) is 2.54. The molecule has 25 heavy (non-hydrogen) atoms. The van der Waals surface area contributed by atoms with Gasteiger partial charge in [-0.3, -0.25) is 4.79 Å². The Morgan fingerprint density at radius 2 is 2.04 bits per heavy atom. The molecule has 2 aromatic rings. The lowest BCUT2D eigenvalue weighted by atomic mass is 10.1. The number of nitrogens with zero attached hydrogens (tertiary/aromatic N) is 1. The minimum Gasteiger partial charge on any atom is -0.481 e. The van der Waals surface area contributed by atoms with Crippen molar-refractivity contribution in [1.82, 2.24) is 0 Å². The van der Waals surface area contributed by atoms with E-state index in [0.29, 0.717) is 25.6 Å². The number of hydrogen-bond donors (Lipinski definition) is 1. The van der Waals surface area contributed by atoms with Crippen LogP contribution in [-0.4, -0.2) is 21.3 Å². The smallest absolute Gasteiger partial charge is 0.304 e. The van der Waals surface area contributed by atoms with Crippen molar-refractivity contribution in [3.05, 3.63) is 57.8 Å². The van der Waals surface area contributed by atoms with Crippen LogP contribution in [-0.2, 0) is 11.3 Å². The molecule has 1 heterocycles. The summed E-state index contributed by atoms with van der Waals surface area (Å²) in [4.78, 5) is 13.8. The molecule has 1 atom stereocenters. The standard InChI is InChI=1S/C17H12Cl2FNO2S2/c18-10-5-4-9(6-11(10)19)8-21-16-12(20)2-1-3-13(16)25-14(17(21)24)7-15(22)23/h1-6,14H,7-8H2,(H,22,23). The maximum atomic E-state index is 14.5. The molecule has 0 aromatic heterocycles. The van der Waals surface area contributed by atoms with E-state index in [1.165, 1.54) is 17.8 Å². The molecule has 130 valence electrons. The zero-order chi connectivity index (χ0) is 18.1. The third kappa shape index (κ3) is 3.92. The monoisotopic (exact) mass is 415 g/mol. The first kappa shape index (κ1) is 18.5. The molecule has 0 spiro atoms. The molecule has 3 rings (SSSR count). The van der Waals surface area contributed by atoms with Crippen molar-refractivity contribution < 1.29 is 14.3 Å². The maximum absolute atomic E-state index is 14.5. The Hall–Kier alpha value is -1.34. The highest BCUT2D eigenvalue weighted by atomic mass is 35.5. The van der Waals surface area contributed by atoms with Crippen LogP contribution in [0.25, 0.3) is 0 Å². The van der Waals surface area contributed by atoms with Crippen molar-refractivity contribution in [2.75, 3.05) is 4.90 Å². The Labute approximate surface area is 163 Å². The van der Waals surface area contributed by atoms with E-state index in [-0.39, 0.29) is 13.0 Å². The number of benzene rings is 2. The van der Waals surface area contributed by atoms with Crippen LogP contribution in [0.15, 0.2) is 41.3 Å². The van der Waals surface area contributed by atoms with Gasteiger partial charge in [0.15, 0.2) is 0 Å². The van der Waals surface area contributed by atoms with Gasteiger partial charge in [0.25, 0.3) is 0 Å². The second kappa shape index (κ2) is 7.50. The normalized spacial score (nSPS) is 16.7. The SMILES string of the molecule is O=C(O)CC1Sc2cccc(F)c2N(Cc2ccc(Cl)c(Cl)c2)C1=S. The van der Waals surface area contributed by atoms with E-state index in [1.807, 2.05) is 0 Å². The first-order chi connectivity index (χ1) is 11.9. The van der Waals surface area contributed by atoms with E-state index in [9.17, 15) is 9.18 Å². The van der Waals surface area contributed by atoms with Crippen LogP contribution in [0.5, 0.6) is 0 Å². The molecular formula is C17H12Cl2FNO2S2. The summed E-state index contributed by atoms with van der Waals surface area (Å²) in [5, 5.41) is 9.52. The number of carbonyl (C=O) groups is 1. The Kier molecular flexibility index (Phi) is 5.53. The highest BCUT2D eigenvalue weighted by Gasteiger charge is 2.33. The van der Waals surface area contributed by atoms with Gasteiger partial charge in [0.1, 0.15) is 5.82 Å². The Bertz CT molecular complexity index is 863. The number of rotatable bonds is 4. The minimum atomic E-state index is -0.950. The van der Waals surface area contributed by atoms with Gasteiger partial charge in [0.05, 0.1) is 32.4 Å². The molecule has 2 aromatic carbocycles. The lowest BCUT2D eigenvalue weighted by molar-refractivity contribution is -0.136. The number of halogens is 3. The molecule has 8 heteroatoms. The fourth-order valence-corrected chi connectivity index (χ4v) is 4.55. The quantitative estimate of drug-likeness (QED) is 0.675. The molecule has 1 aliphatic heterocycles. The zero-order valence-electron chi connectivity index (χ0n) is 12.7. The number of thioether (sulfide) groups is 1. The van der Waals surface area contributed by atoms with Gasteiger partial charge >= 0.3 is 5.97 Å². The van der Waals surface area contributed by atoms with Gasteiger partial charge in [0, 0.05) is 11.4 Å². The van der Waals surface area contributed by atoms with Crippen LogP contribution >= 0.6 is 47.2 Å². The predicted octanol–water partition coefficient (Wildman–Crippen LogP) is 5.42. The summed E-state index contributed by atoms with van der Waals surface area (Å²) in [6.45, 7) is 0.278. The Morgan fingerprint density at radius 3 is 2.72 bits per heavy atom. The van der Waals surface area contributed by atoms with E-state index in [2.05, 4.69) is 0 Å². The van der Waals surface area contributed by atoms with Gasteiger partial charge < -0.3 is 10.0 Å². The maximum Gasteiger partial charge on any atom is 0.304 e. The van der Waals surface area contributed by atoms with Gasteiger partial charge in [0.2, 0.25) is 0 Å². The molecule has 1 unspecified atom stereocenters. The van der Waals surface area contributed by atoms with E-state index in [4.69, 9.17) is 40.5 Å². The molecule has 0 bridgehead atoms. The molecule has 0 aliphatic carbocycles. The molecule has 3 nitrogen and oxygen atoms in total. The van der Waals surface area contributed by atoms with Gasteiger partial charge in [-0.25, -0.2) is 4.39 Å². The summed E-state index contributed by atoms with van der Waals surface area (Å²) in [6.07, 6.45) is -0.128. The number of carboxylic acid groups (broad SMARTS) is 1. The number of thiocarbonyl (C=S) groups is 1. The minimum absolute atomic E-state index is 0.128. The van der Waals surface area contributed by atoms with E-state index < -0.39 is 17.0 Å². The largest absolute Gasteiger partial charge is 0.481 e. The van der Waals surface area contributed by atoms with E-state index in [1.54, 1.807) is 35.2 Å². The lowest BCUT2D eigenvalue weighted by Gasteiger charge is -2.36. The van der Waals surface area contributed by atoms with Gasteiger partial charge in [-0.2, -0.15) is 0 Å². The molecule has 1 N–H and O–H groups in total. The summed E-state index contributed by atoms with van der Waals surface area (Å²) in [5.41, 5.74) is 1.16. The molecule has 0 saturated heterocycles. The van der Waals surface area contributed by atoms with E-state index >= 15 is 0 Å². The topological polar surface area (TPSA) is 40.5 Å². The molecule has 0 amide bonds. The molecule has 0 radical (unpaired) electrons. The fourth-order valence-electron chi connectivity index (χ4n) is 2.61. The molecular weight excluding hydrogens is 404 g/mol. The fraction of sp³-hybridized carbons (Fsp3) is 0.176. The van der Waals surface area contributed by atoms with Crippen molar-refractivity contribution in [2.24, 2.45) is 0 Å². The van der Waals surface area contributed by atoms with Crippen LogP contribution < -0.4 is 4.90 Å². The second-order valence-electron chi connectivity index (χ2n) is 5.46. The van der Waals surface area contributed by atoms with E-state index in [0.717, 1.165) is 5.56 Å². The number of hydrogen-bond acceptors (Lipinski definition) is 3. The third-order valence-corrected chi connectivity index (χ3v) is 6.37. The number of para-hydroxylation sites is 1. The van der Waals surface area contributed by atoms with Crippen molar-refractivity contribution in [1.29, 1.82) is 0 Å². The highest BCUT2D eigenvalue weighted by molar-refractivity contribution is 8.02. The van der Waals surface area contributed by atoms with Crippen LogP contribution in [0, 0.1) is 5.82 Å². The van der Waals surface area contributed by atoms with Crippen molar-refractivity contribution in [3.8, 4) is 0 Å². The number of aliphatic carboxylic acids is 1. The van der Waals surface area contributed by atoms with Gasteiger partial charge in [-0.15, -0.1) is 11.8 Å². The van der Waals surface area contributed by atoms with Crippen LogP contribution in [0.3, 0.4) is 0 Å². The summed E-state index contributed by atoms with van der Waals surface area (Å²) in [5.74, 6) is -1.35. The lowest BCUT2D eigenvalue weighted by Crippen LogP contribution is -2.40. The summed E-state index contributed by atoms with van der Waals surface area (Å²) < 4.78 is 14.5. The predicted molar refractivity (Wildman–Crippen MR) is 104 cm³/mol. The van der Waals surface area contributed by atoms with Crippen molar-refractivity contribution >= 4 is 63.8 Å². The van der Waals surface area contributed by atoms with Crippen molar-refractivity contribution in [3.63, 3.8) is 0 Å². The summed E-state index contributed by atoms with van der Waals surface area (Å²) in [6, 6.07) is 9.87. The molecule has 0 saturated carbocycles. The summed E-state index contributed by atoms with van der Waals surface area (Å²) in [7, 11) is 0. The van der Waals surface area contributed by atoms with Crippen LogP contribution in [0.4, 0.5) is 10.1 Å². The Morgan fingerprint density at radius 1 is 1.28 bits per heavy atom. The Balaban J connectivity index is 2.01. The number of anilines is 1. The second-order valence-corrected chi connectivity index (χ2v) is 7.94. The third-order valence-electron chi connectivity index (χ3n) is 3.72. The first-order valence-electron chi connectivity index (χ1n) is 7.29. The average molecular weight is 416 g/mol. The van der Waals surface area contributed by atoms with Gasteiger partial charge in [-0.05, 0) is 29.8 Å². The number of fused-ring (bicyclic) bond motifs is 1. The van der Waals surface area contributed by atoms with Gasteiger partial charge in [-0.1, -0.05) is 47.6 Å². The highest BCUT2D eigenvalue weighted by Crippen LogP contribution is 2.43. The molecule has 0 fully saturated rings. The summed E-state index contributed by atoms with van der Waals surface area (Å²) >= 11 is 18.7. The van der Waals surface area contributed by atoms with Crippen LogP contribution in [0.1, 0.15) is 12.0 Å².